The van der Waals surface area contributed by atoms with Gasteiger partial charge in [-0.2, -0.15) is 0 Å². The maximum absolute atomic E-state index is 12.2. The molecule has 4 rings (SSSR count). The second kappa shape index (κ2) is 7.75. The van der Waals surface area contributed by atoms with Gasteiger partial charge in [0.05, 0.1) is 6.54 Å². The van der Waals surface area contributed by atoms with Crippen molar-refractivity contribution >= 4 is 22.4 Å². The Bertz CT molecular complexity index is 1000. The minimum absolute atomic E-state index is 0.0789. The third-order valence-electron chi connectivity index (χ3n) is 5.27. The van der Waals surface area contributed by atoms with Crippen LogP contribution in [0, 0.1) is 0 Å². The van der Waals surface area contributed by atoms with Crippen LogP contribution in [0.4, 0.5) is 0 Å². The quantitative estimate of drug-likeness (QED) is 0.785. The van der Waals surface area contributed by atoms with Gasteiger partial charge in [-0.15, -0.1) is 0 Å². The van der Waals surface area contributed by atoms with Crippen LogP contribution in [0.2, 0.25) is 0 Å². The van der Waals surface area contributed by atoms with Crippen molar-refractivity contribution in [1.29, 1.82) is 0 Å². The van der Waals surface area contributed by atoms with E-state index in [1.807, 2.05) is 0 Å². The largest absolute Gasteiger partial charge is 0.326 e. The topological polar surface area (TPSA) is 41.5 Å². The van der Waals surface area contributed by atoms with E-state index in [9.17, 15) is 4.79 Å². The van der Waals surface area contributed by atoms with E-state index in [-0.39, 0.29) is 5.91 Å². The second-order valence-corrected chi connectivity index (χ2v) is 7.15. The highest BCUT2D eigenvalue weighted by Gasteiger charge is 2.22. The molecule has 2 aromatic rings. The molecule has 0 spiro atoms. The first kappa shape index (κ1) is 17.5. The van der Waals surface area contributed by atoms with Crippen LogP contribution in [-0.4, -0.2) is 11.6 Å². The number of hydrogen-bond acceptors (Lipinski definition) is 2. The molecule has 136 valence electrons. The van der Waals surface area contributed by atoms with Crippen LogP contribution in [0.15, 0.2) is 82.5 Å². The molecule has 1 N–H and O–H groups in total. The van der Waals surface area contributed by atoms with Crippen molar-refractivity contribution in [2.45, 2.75) is 39.2 Å². The highest BCUT2D eigenvalue weighted by atomic mass is 16.1. The monoisotopic (exact) mass is 356 g/mol. The summed E-state index contributed by atoms with van der Waals surface area (Å²) in [6.45, 7) is 2.73. The Morgan fingerprint density at radius 1 is 1.04 bits per heavy atom. The molecule has 3 nitrogen and oxygen atoms in total. The molecule has 0 atom stereocenters. The first-order valence-corrected chi connectivity index (χ1v) is 9.59. The van der Waals surface area contributed by atoms with E-state index in [1.54, 1.807) is 0 Å². The van der Waals surface area contributed by atoms with Crippen molar-refractivity contribution in [2.24, 2.45) is 4.99 Å². The molecule has 1 fully saturated rings. The molecule has 0 bridgehead atoms. The van der Waals surface area contributed by atoms with Crippen LogP contribution in [0.1, 0.15) is 38.2 Å². The number of rotatable bonds is 2. The van der Waals surface area contributed by atoms with Gasteiger partial charge in [0.2, 0.25) is 5.91 Å². The number of hydrogen-bond donors (Lipinski definition) is 1. The van der Waals surface area contributed by atoms with Gasteiger partial charge in [0, 0.05) is 23.4 Å². The average Bonchev–Trinajstić information content (AvgIpc) is 2.83. The molecule has 0 aromatic heterocycles. The Kier molecular flexibility index (Phi) is 5.01. The molecule has 0 saturated carbocycles. The molecule has 2 aliphatic rings. The van der Waals surface area contributed by atoms with Crippen molar-refractivity contribution in [3.8, 4) is 0 Å². The fourth-order valence-corrected chi connectivity index (χ4v) is 3.76. The fraction of sp³-hybridized carbons (Fsp3) is 0.250. The summed E-state index contributed by atoms with van der Waals surface area (Å²) in [5, 5.41) is 5.59. The van der Waals surface area contributed by atoms with E-state index in [0.717, 1.165) is 29.8 Å². The summed E-state index contributed by atoms with van der Waals surface area (Å²) >= 11 is 0. The average molecular weight is 356 g/mol. The van der Waals surface area contributed by atoms with Crippen LogP contribution < -0.4 is 5.32 Å². The predicted octanol–water partition coefficient (Wildman–Crippen LogP) is 5.24. The number of carbonyl (C=O) groups excluding carboxylic acids is 1. The SMILES string of the molecule is CC1=C2NC(=O)CCC(=NCc3cccc4ccccc34)/C2=C/C=CCC1. The number of amides is 1. The molecule has 1 aliphatic carbocycles. The Morgan fingerprint density at radius 2 is 1.89 bits per heavy atom. The molecule has 0 unspecified atom stereocenters. The van der Waals surface area contributed by atoms with Gasteiger partial charge < -0.3 is 5.32 Å². The lowest BCUT2D eigenvalue weighted by Gasteiger charge is -2.16. The van der Waals surface area contributed by atoms with Gasteiger partial charge in [0.1, 0.15) is 0 Å². The number of benzene rings is 2. The first-order valence-electron chi connectivity index (χ1n) is 9.59. The van der Waals surface area contributed by atoms with Crippen molar-refractivity contribution < 1.29 is 4.79 Å². The Hall–Kier alpha value is -2.94. The number of fused-ring (bicyclic) bond motifs is 2. The number of aliphatic imine (C=N–C) groups is 1. The summed E-state index contributed by atoms with van der Waals surface area (Å²) < 4.78 is 0. The van der Waals surface area contributed by atoms with Crippen LogP contribution in [0.3, 0.4) is 0 Å². The highest BCUT2D eigenvalue weighted by molar-refractivity contribution is 6.08. The molecule has 2 aromatic carbocycles. The molecule has 0 radical (unpaired) electrons. The van der Waals surface area contributed by atoms with E-state index >= 15 is 0 Å². The molecule has 1 amide bonds. The van der Waals surface area contributed by atoms with Crippen molar-refractivity contribution in [2.75, 3.05) is 0 Å². The lowest BCUT2D eigenvalue weighted by atomic mass is 9.96. The van der Waals surface area contributed by atoms with E-state index in [0.29, 0.717) is 19.4 Å². The van der Waals surface area contributed by atoms with Crippen molar-refractivity contribution in [3.63, 3.8) is 0 Å². The molecular weight excluding hydrogens is 332 g/mol. The maximum Gasteiger partial charge on any atom is 0.224 e. The van der Waals surface area contributed by atoms with Crippen molar-refractivity contribution in [1.82, 2.24) is 5.32 Å². The van der Waals surface area contributed by atoms with Gasteiger partial charge in [-0.1, -0.05) is 60.7 Å². The number of carbonyl (C=O) groups is 1. The molecule has 1 saturated heterocycles. The summed E-state index contributed by atoms with van der Waals surface area (Å²) in [6.07, 6.45) is 9.48. The molecule has 27 heavy (non-hydrogen) atoms. The van der Waals surface area contributed by atoms with Crippen LogP contribution in [0.5, 0.6) is 0 Å². The summed E-state index contributed by atoms with van der Waals surface area (Å²) in [4.78, 5) is 17.2. The van der Waals surface area contributed by atoms with Gasteiger partial charge in [-0.05, 0) is 48.1 Å². The maximum atomic E-state index is 12.2. The summed E-state index contributed by atoms with van der Waals surface area (Å²) in [5.74, 6) is 0.0789. The molecule has 1 aliphatic heterocycles. The second-order valence-electron chi connectivity index (χ2n) is 7.15. The van der Waals surface area contributed by atoms with E-state index in [1.165, 1.54) is 21.9 Å². The van der Waals surface area contributed by atoms with E-state index in [2.05, 4.69) is 72.9 Å². The summed E-state index contributed by atoms with van der Waals surface area (Å²) in [6, 6.07) is 14.8. The highest BCUT2D eigenvalue weighted by Crippen LogP contribution is 2.26. The lowest BCUT2D eigenvalue weighted by molar-refractivity contribution is -0.120. The van der Waals surface area contributed by atoms with Gasteiger partial charge in [-0.25, -0.2) is 0 Å². The third kappa shape index (κ3) is 3.77. The molecule has 1 heterocycles. The lowest BCUT2D eigenvalue weighted by Crippen LogP contribution is -2.22. The predicted molar refractivity (Wildman–Crippen MR) is 112 cm³/mol. The standard InChI is InChI=1S/C24H24N2O/c1-17-8-3-2-4-13-21-22(14-15-23(27)26-24(17)21)25-16-19-11-7-10-18-9-5-6-12-20(18)19/h2,4-7,9-13H,3,8,14-16H2,1H3,(H,26,27)/b4-2?,21-13-,24-17?,25-22?. The zero-order valence-corrected chi connectivity index (χ0v) is 15.7. The van der Waals surface area contributed by atoms with Gasteiger partial charge in [-0.3, -0.25) is 9.79 Å². The number of nitrogens with zero attached hydrogens (tertiary/aromatic N) is 1. The van der Waals surface area contributed by atoms with Gasteiger partial charge >= 0.3 is 0 Å². The van der Waals surface area contributed by atoms with Crippen LogP contribution >= 0.6 is 0 Å². The first-order chi connectivity index (χ1) is 13.2. The summed E-state index contributed by atoms with van der Waals surface area (Å²) in [5.41, 5.74) is 5.47. The zero-order chi connectivity index (χ0) is 18.6. The molecular formula is C24H24N2O. The van der Waals surface area contributed by atoms with E-state index < -0.39 is 0 Å². The normalized spacial score (nSPS) is 21.1. The number of nitrogens with one attached hydrogen (secondary N) is 1. The fourth-order valence-electron chi connectivity index (χ4n) is 3.76. The third-order valence-corrected chi connectivity index (χ3v) is 5.27. The van der Waals surface area contributed by atoms with E-state index in [4.69, 9.17) is 4.99 Å². The minimum Gasteiger partial charge on any atom is -0.326 e. The molecule has 3 heteroatoms. The smallest absolute Gasteiger partial charge is 0.224 e. The van der Waals surface area contributed by atoms with Crippen molar-refractivity contribution in [3.05, 3.63) is 83.1 Å². The minimum atomic E-state index is 0.0789. The van der Waals surface area contributed by atoms with Gasteiger partial charge in [0.25, 0.3) is 0 Å². The Labute approximate surface area is 160 Å². The number of allylic oxidation sites excluding steroid dienone is 5. The Morgan fingerprint density at radius 3 is 2.81 bits per heavy atom. The van der Waals surface area contributed by atoms with Crippen LogP contribution in [-0.2, 0) is 11.3 Å². The Balaban J connectivity index is 1.74. The summed E-state index contributed by atoms with van der Waals surface area (Å²) in [7, 11) is 0. The van der Waals surface area contributed by atoms with Crippen LogP contribution in [0.25, 0.3) is 10.8 Å². The zero-order valence-electron chi connectivity index (χ0n) is 15.7. The van der Waals surface area contributed by atoms with Gasteiger partial charge in [0.15, 0.2) is 0 Å².